The molecule has 0 unspecified atom stereocenters. The van der Waals surface area contributed by atoms with Crippen LogP contribution in [0.15, 0.2) is 24.3 Å². The third kappa shape index (κ3) is 5.31. The minimum atomic E-state index is -0.377. The van der Waals surface area contributed by atoms with E-state index < -0.39 is 0 Å². The maximum atomic E-state index is 9.46. The highest BCUT2D eigenvalue weighted by molar-refractivity contribution is 5.25. The van der Waals surface area contributed by atoms with Crippen LogP contribution in [0.25, 0.3) is 0 Å². The van der Waals surface area contributed by atoms with Crippen LogP contribution in [0.3, 0.4) is 0 Å². The molecule has 0 aromatic heterocycles. The van der Waals surface area contributed by atoms with Crippen molar-refractivity contribution in [1.82, 2.24) is 4.90 Å². The first-order valence-electron chi connectivity index (χ1n) is 6.12. The lowest BCUT2D eigenvalue weighted by Crippen LogP contribution is -2.36. The molecule has 0 radical (unpaired) electrons. The molecule has 0 aliphatic heterocycles. The second kappa shape index (κ2) is 6.74. The molecule has 0 aliphatic rings. The number of aryl methyl sites for hydroxylation is 1. The summed E-state index contributed by atoms with van der Waals surface area (Å²) in [5.41, 5.74) is 2.49. The van der Waals surface area contributed by atoms with Gasteiger partial charge in [0.1, 0.15) is 0 Å². The molecule has 2 atom stereocenters. The molecule has 1 aromatic carbocycles. The molecule has 0 amide bonds. The van der Waals surface area contributed by atoms with E-state index in [0.29, 0.717) is 13.1 Å². The Morgan fingerprint density at radius 2 is 1.59 bits per heavy atom. The molecule has 17 heavy (non-hydrogen) atoms. The summed E-state index contributed by atoms with van der Waals surface area (Å²) < 4.78 is 0. The highest BCUT2D eigenvalue weighted by atomic mass is 16.3. The van der Waals surface area contributed by atoms with E-state index in [1.807, 2.05) is 12.1 Å². The zero-order chi connectivity index (χ0) is 12.8. The van der Waals surface area contributed by atoms with Gasteiger partial charge in [0.2, 0.25) is 0 Å². The predicted molar refractivity (Wildman–Crippen MR) is 69.8 cm³/mol. The molecular formula is C14H23NO2. The van der Waals surface area contributed by atoms with Crippen LogP contribution in [0.4, 0.5) is 0 Å². The minimum Gasteiger partial charge on any atom is -0.392 e. The van der Waals surface area contributed by atoms with Crippen molar-refractivity contribution in [3.05, 3.63) is 35.4 Å². The van der Waals surface area contributed by atoms with Crippen LogP contribution in [0.2, 0.25) is 0 Å². The molecule has 3 nitrogen and oxygen atoms in total. The maximum absolute atomic E-state index is 9.46. The Kier molecular flexibility index (Phi) is 5.62. The first kappa shape index (κ1) is 14.2. The van der Waals surface area contributed by atoms with E-state index in [2.05, 4.69) is 24.0 Å². The number of benzene rings is 1. The molecule has 0 spiro atoms. The van der Waals surface area contributed by atoms with E-state index in [0.717, 1.165) is 6.54 Å². The second-order valence-corrected chi connectivity index (χ2v) is 4.82. The van der Waals surface area contributed by atoms with Crippen molar-refractivity contribution in [3.8, 4) is 0 Å². The molecule has 0 saturated heterocycles. The molecule has 1 aromatic rings. The van der Waals surface area contributed by atoms with Crippen LogP contribution in [0.1, 0.15) is 25.0 Å². The standard InChI is InChI=1S/C14H23NO2/c1-11-6-4-5-7-14(11)10-15(8-12(2)16)9-13(3)17/h4-7,12-13,16-17H,8-10H2,1-3H3/t12-,13+. The van der Waals surface area contributed by atoms with Gasteiger partial charge in [-0.2, -0.15) is 0 Å². The van der Waals surface area contributed by atoms with Gasteiger partial charge in [-0.15, -0.1) is 0 Å². The fourth-order valence-electron chi connectivity index (χ4n) is 1.98. The van der Waals surface area contributed by atoms with Gasteiger partial charge in [-0.05, 0) is 31.9 Å². The summed E-state index contributed by atoms with van der Waals surface area (Å²) in [4.78, 5) is 2.08. The van der Waals surface area contributed by atoms with Gasteiger partial charge in [-0.1, -0.05) is 24.3 Å². The topological polar surface area (TPSA) is 43.7 Å². The summed E-state index contributed by atoms with van der Waals surface area (Å²) in [5.74, 6) is 0. The molecule has 96 valence electrons. The van der Waals surface area contributed by atoms with Gasteiger partial charge in [-0.3, -0.25) is 4.90 Å². The Balaban J connectivity index is 2.68. The largest absolute Gasteiger partial charge is 0.392 e. The van der Waals surface area contributed by atoms with Gasteiger partial charge in [0, 0.05) is 19.6 Å². The average molecular weight is 237 g/mol. The summed E-state index contributed by atoms with van der Waals surface area (Å²) in [6.45, 7) is 7.55. The Labute approximate surface area is 104 Å². The van der Waals surface area contributed by atoms with E-state index in [9.17, 15) is 10.2 Å². The van der Waals surface area contributed by atoms with E-state index in [4.69, 9.17) is 0 Å². The molecule has 0 saturated carbocycles. The van der Waals surface area contributed by atoms with Gasteiger partial charge in [0.15, 0.2) is 0 Å². The van der Waals surface area contributed by atoms with Crippen LogP contribution >= 0.6 is 0 Å². The van der Waals surface area contributed by atoms with Crippen molar-refractivity contribution in [2.45, 2.75) is 39.5 Å². The highest BCUT2D eigenvalue weighted by Gasteiger charge is 2.12. The SMILES string of the molecule is Cc1ccccc1CN(C[C@H](C)O)C[C@@H](C)O. The lowest BCUT2D eigenvalue weighted by Gasteiger charge is -2.25. The van der Waals surface area contributed by atoms with Gasteiger partial charge in [0.25, 0.3) is 0 Å². The van der Waals surface area contributed by atoms with Crippen LogP contribution in [-0.4, -0.2) is 40.4 Å². The van der Waals surface area contributed by atoms with Crippen LogP contribution in [0, 0.1) is 6.92 Å². The predicted octanol–water partition coefficient (Wildman–Crippen LogP) is 1.56. The van der Waals surface area contributed by atoms with Crippen molar-refractivity contribution < 1.29 is 10.2 Å². The Hall–Kier alpha value is -0.900. The van der Waals surface area contributed by atoms with Crippen molar-refractivity contribution in [2.75, 3.05) is 13.1 Å². The van der Waals surface area contributed by atoms with E-state index in [1.165, 1.54) is 11.1 Å². The van der Waals surface area contributed by atoms with E-state index in [1.54, 1.807) is 13.8 Å². The molecule has 2 N–H and O–H groups in total. The molecule has 0 aliphatic carbocycles. The Bertz CT molecular complexity index is 327. The summed E-state index contributed by atoms with van der Waals surface area (Å²) in [6, 6.07) is 8.21. The summed E-state index contributed by atoms with van der Waals surface area (Å²) in [5, 5.41) is 18.9. The van der Waals surface area contributed by atoms with Gasteiger partial charge in [0.05, 0.1) is 12.2 Å². The zero-order valence-electron chi connectivity index (χ0n) is 10.9. The number of aliphatic hydroxyl groups excluding tert-OH is 2. The van der Waals surface area contributed by atoms with Gasteiger partial charge in [-0.25, -0.2) is 0 Å². The fraction of sp³-hybridized carbons (Fsp3) is 0.571. The van der Waals surface area contributed by atoms with Crippen LogP contribution < -0.4 is 0 Å². The summed E-state index contributed by atoms with van der Waals surface area (Å²) >= 11 is 0. The van der Waals surface area contributed by atoms with Crippen molar-refractivity contribution >= 4 is 0 Å². The van der Waals surface area contributed by atoms with Crippen molar-refractivity contribution in [2.24, 2.45) is 0 Å². The van der Waals surface area contributed by atoms with Crippen molar-refractivity contribution in [1.29, 1.82) is 0 Å². The molecular weight excluding hydrogens is 214 g/mol. The molecule has 1 rings (SSSR count). The van der Waals surface area contributed by atoms with E-state index in [-0.39, 0.29) is 12.2 Å². The first-order chi connectivity index (χ1) is 7.99. The zero-order valence-corrected chi connectivity index (χ0v) is 10.9. The monoisotopic (exact) mass is 237 g/mol. The third-order valence-corrected chi connectivity index (χ3v) is 2.70. The molecule has 3 heteroatoms. The van der Waals surface area contributed by atoms with Gasteiger partial charge < -0.3 is 10.2 Å². The second-order valence-electron chi connectivity index (χ2n) is 4.82. The Morgan fingerprint density at radius 3 is 2.06 bits per heavy atom. The molecule has 0 heterocycles. The number of hydrogen-bond donors (Lipinski definition) is 2. The average Bonchev–Trinajstić information content (AvgIpc) is 2.19. The van der Waals surface area contributed by atoms with Gasteiger partial charge >= 0.3 is 0 Å². The van der Waals surface area contributed by atoms with E-state index >= 15 is 0 Å². The molecule has 0 bridgehead atoms. The number of rotatable bonds is 6. The Morgan fingerprint density at radius 1 is 1.06 bits per heavy atom. The maximum Gasteiger partial charge on any atom is 0.0639 e. The smallest absolute Gasteiger partial charge is 0.0639 e. The molecule has 0 fully saturated rings. The van der Waals surface area contributed by atoms with Crippen LogP contribution in [-0.2, 0) is 6.54 Å². The third-order valence-electron chi connectivity index (χ3n) is 2.70. The first-order valence-corrected chi connectivity index (χ1v) is 6.12. The highest BCUT2D eigenvalue weighted by Crippen LogP contribution is 2.11. The number of nitrogens with zero attached hydrogens (tertiary/aromatic N) is 1. The summed E-state index contributed by atoms with van der Waals surface area (Å²) in [6.07, 6.45) is -0.754. The fourth-order valence-corrected chi connectivity index (χ4v) is 1.98. The lowest BCUT2D eigenvalue weighted by molar-refractivity contribution is 0.0793. The summed E-state index contributed by atoms with van der Waals surface area (Å²) in [7, 11) is 0. The minimum absolute atomic E-state index is 0.377. The number of aliphatic hydroxyl groups is 2. The number of hydrogen-bond acceptors (Lipinski definition) is 3. The normalized spacial score (nSPS) is 14.9. The van der Waals surface area contributed by atoms with Crippen LogP contribution in [0.5, 0.6) is 0 Å². The lowest BCUT2D eigenvalue weighted by atomic mass is 10.1. The quantitative estimate of drug-likeness (QED) is 0.789. The van der Waals surface area contributed by atoms with Crippen molar-refractivity contribution in [3.63, 3.8) is 0 Å².